The molecular formula is C16H8F3N3O5. The first kappa shape index (κ1) is 18.0. The number of anilines is 1. The maximum Gasteiger partial charge on any atom is 0.471 e. The van der Waals surface area contributed by atoms with Gasteiger partial charge in [-0.2, -0.15) is 13.2 Å². The summed E-state index contributed by atoms with van der Waals surface area (Å²) in [5.74, 6) is -5.47. The van der Waals surface area contributed by atoms with Crippen molar-refractivity contribution in [2.75, 3.05) is 5.32 Å². The largest absolute Gasteiger partial charge is 0.471 e. The number of imide groups is 1. The third-order valence-corrected chi connectivity index (χ3v) is 3.48. The van der Waals surface area contributed by atoms with Crippen LogP contribution < -0.4 is 5.32 Å². The van der Waals surface area contributed by atoms with Gasteiger partial charge in [0.2, 0.25) is 0 Å². The Morgan fingerprint density at radius 1 is 1.04 bits per heavy atom. The summed E-state index contributed by atoms with van der Waals surface area (Å²) in [5, 5.41) is 1.68. The fourth-order valence-electron chi connectivity index (χ4n) is 2.25. The van der Waals surface area contributed by atoms with Gasteiger partial charge in [0.25, 0.3) is 11.8 Å². The second kappa shape index (κ2) is 6.52. The van der Waals surface area contributed by atoms with Crippen molar-refractivity contribution in [3.05, 3.63) is 59.4 Å². The molecule has 0 unspecified atom stereocenters. The third kappa shape index (κ3) is 3.34. The molecule has 1 aliphatic heterocycles. The fraction of sp³-hybridized carbons (Fsp3) is 0.0625. The highest BCUT2D eigenvalue weighted by atomic mass is 19.4. The zero-order chi connectivity index (χ0) is 19.8. The number of carbonyl (C=O) groups excluding carboxylic acids is 4. The van der Waals surface area contributed by atoms with Gasteiger partial charge < -0.3 is 10.2 Å². The number of aromatic nitrogens is 1. The van der Waals surface area contributed by atoms with Gasteiger partial charge in [-0.05, 0) is 18.2 Å². The van der Waals surface area contributed by atoms with Crippen molar-refractivity contribution in [3.63, 3.8) is 0 Å². The number of rotatable bonds is 3. The Morgan fingerprint density at radius 2 is 1.63 bits per heavy atom. The summed E-state index contributed by atoms with van der Waals surface area (Å²) in [6, 6.07) is 6.67. The summed E-state index contributed by atoms with van der Waals surface area (Å²) in [6.07, 6.45) is -3.34. The van der Waals surface area contributed by atoms with E-state index in [1.54, 1.807) is 0 Å². The number of hydroxylamine groups is 2. The molecular weight excluding hydrogens is 371 g/mol. The zero-order valence-electron chi connectivity index (χ0n) is 13.1. The first-order chi connectivity index (χ1) is 12.7. The fourth-order valence-corrected chi connectivity index (χ4v) is 2.25. The number of hydrogen-bond donors (Lipinski definition) is 1. The highest BCUT2D eigenvalue weighted by molar-refractivity contribution is 6.21. The molecule has 11 heteroatoms. The number of benzene rings is 1. The highest BCUT2D eigenvalue weighted by Crippen LogP contribution is 2.25. The van der Waals surface area contributed by atoms with E-state index in [1.165, 1.54) is 29.6 Å². The minimum atomic E-state index is -5.19. The van der Waals surface area contributed by atoms with Crippen molar-refractivity contribution < 1.29 is 37.2 Å². The minimum Gasteiger partial charge on any atom is -0.324 e. The number of hydrogen-bond acceptors (Lipinski definition) is 6. The standard InChI is InChI=1S/C16H8F3N3O5/c17-16(18,19)15(26)21-11-7-20-6-5-10(11)14(25)27-22-12(23)8-3-1-2-4-9(8)13(22)24/h1-7H,(H,21,26). The lowest BCUT2D eigenvalue weighted by Crippen LogP contribution is -2.34. The number of pyridine rings is 1. The van der Waals surface area contributed by atoms with E-state index in [2.05, 4.69) is 4.98 Å². The molecule has 0 saturated carbocycles. The number of halogens is 3. The molecule has 2 heterocycles. The van der Waals surface area contributed by atoms with Gasteiger partial charge in [-0.25, -0.2) is 4.79 Å². The number of alkyl halides is 3. The summed E-state index contributed by atoms with van der Waals surface area (Å²) in [7, 11) is 0. The Bertz CT molecular complexity index is 939. The van der Waals surface area contributed by atoms with Crippen LogP contribution in [0.5, 0.6) is 0 Å². The Labute approximate surface area is 148 Å². The Hall–Kier alpha value is -3.76. The first-order valence-electron chi connectivity index (χ1n) is 7.22. The maximum atomic E-state index is 12.4. The summed E-state index contributed by atoms with van der Waals surface area (Å²) >= 11 is 0. The monoisotopic (exact) mass is 379 g/mol. The average molecular weight is 379 g/mol. The van der Waals surface area contributed by atoms with Crippen LogP contribution in [-0.4, -0.2) is 39.9 Å². The van der Waals surface area contributed by atoms with Gasteiger partial charge in [0.05, 0.1) is 28.6 Å². The van der Waals surface area contributed by atoms with Crippen molar-refractivity contribution in [1.29, 1.82) is 0 Å². The number of nitrogens with zero attached hydrogens (tertiary/aromatic N) is 2. The molecule has 1 aromatic carbocycles. The highest BCUT2D eigenvalue weighted by Gasteiger charge is 2.41. The third-order valence-electron chi connectivity index (χ3n) is 3.48. The van der Waals surface area contributed by atoms with E-state index in [-0.39, 0.29) is 16.2 Å². The number of amides is 3. The molecule has 0 fully saturated rings. The smallest absolute Gasteiger partial charge is 0.324 e. The van der Waals surface area contributed by atoms with Crippen LogP contribution in [0.25, 0.3) is 0 Å². The van der Waals surface area contributed by atoms with Crippen LogP contribution in [-0.2, 0) is 9.63 Å². The summed E-state index contributed by atoms with van der Waals surface area (Å²) in [5.41, 5.74) is -1.10. The van der Waals surface area contributed by atoms with Crippen LogP contribution in [0.4, 0.5) is 18.9 Å². The second-order valence-electron chi connectivity index (χ2n) is 5.20. The second-order valence-corrected chi connectivity index (χ2v) is 5.20. The molecule has 0 radical (unpaired) electrons. The van der Waals surface area contributed by atoms with E-state index in [9.17, 15) is 32.3 Å². The van der Waals surface area contributed by atoms with Crippen molar-refractivity contribution in [2.24, 2.45) is 0 Å². The first-order valence-corrected chi connectivity index (χ1v) is 7.22. The molecule has 1 aliphatic rings. The van der Waals surface area contributed by atoms with Crippen LogP contribution in [0.2, 0.25) is 0 Å². The molecule has 8 nitrogen and oxygen atoms in total. The van der Waals surface area contributed by atoms with Crippen molar-refractivity contribution in [1.82, 2.24) is 10.0 Å². The molecule has 27 heavy (non-hydrogen) atoms. The molecule has 1 N–H and O–H groups in total. The average Bonchev–Trinajstić information content (AvgIpc) is 2.86. The van der Waals surface area contributed by atoms with Crippen molar-refractivity contribution in [3.8, 4) is 0 Å². The predicted octanol–water partition coefficient (Wildman–Crippen LogP) is 1.95. The van der Waals surface area contributed by atoms with E-state index < -0.39 is 41.1 Å². The van der Waals surface area contributed by atoms with Gasteiger partial charge in [-0.3, -0.25) is 19.4 Å². The molecule has 0 aliphatic carbocycles. The topological polar surface area (TPSA) is 106 Å². The summed E-state index contributed by atoms with van der Waals surface area (Å²) in [4.78, 5) is 55.9. The minimum absolute atomic E-state index is 0.00984. The molecule has 0 bridgehead atoms. The molecule has 2 aromatic rings. The molecule has 3 rings (SSSR count). The lowest BCUT2D eigenvalue weighted by Gasteiger charge is -2.15. The maximum absolute atomic E-state index is 12.4. The lowest BCUT2D eigenvalue weighted by atomic mass is 10.1. The van der Waals surface area contributed by atoms with Crippen molar-refractivity contribution in [2.45, 2.75) is 6.18 Å². The van der Waals surface area contributed by atoms with Crippen molar-refractivity contribution >= 4 is 29.4 Å². The molecule has 1 aromatic heterocycles. The number of fused-ring (bicyclic) bond motifs is 1. The lowest BCUT2D eigenvalue weighted by molar-refractivity contribution is -0.167. The number of carbonyl (C=O) groups is 4. The quantitative estimate of drug-likeness (QED) is 0.818. The van der Waals surface area contributed by atoms with E-state index >= 15 is 0 Å². The number of nitrogens with one attached hydrogen (secondary N) is 1. The van der Waals surface area contributed by atoms with Gasteiger partial charge in [0, 0.05) is 6.20 Å². The van der Waals surface area contributed by atoms with E-state index in [1.807, 2.05) is 0 Å². The van der Waals surface area contributed by atoms with Crippen LogP contribution in [0.1, 0.15) is 31.1 Å². The van der Waals surface area contributed by atoms with E-state index in [0.29, 0.717) is 0 Å². The van der Waals surface area contributed by atoms with E-state index in [4.69, 9.17) is 4.84 Å². The van der Waals surface area contributed by atoms with Crippen LogP contribution >= 0.6 is 0 Å². The normalized spacial score (nSPS) is 13.4. The molecule has 0 spiro atoms. The molecule has 138 valence electrons. The van der Waals surface area contributed by atoms with Crippen LogP contribution in [0, 0.1) is 0 Å². The molecule has 0 atom stereocenters. The van der Waals surface area contributed by atoms with Crippen LogP contribution in [0.3, 0.4) is 0 Å². The van der Waals surface area contributed by atoms with Gasteiger partial charge in [-0.15, -0.1) is 0 Å². The van der Waals surface area contributed by atoms with Crippen LogP contribution in [0.15, 0.2) is 42.7 Å². The summed E-state index contributed by atoms with van der Waals surface area (Å²) in [6.45, 7) is 0. The van der Waals surface area contributed by atoms with Gasteiger partial charge in [0.15, 0.2) is 0 Å². The van der Waals surface area contributed by atoms with Gasteiger partial charge in [0.1, 0.15) is 0 Å². The SMILES string of the molecule is O=C(ON1C(=O)c2ccccc2C1=O)c1ccncc1NC(=O)C(F)(F)F. The van der Waals surface area contributed by atoms with Gasteiger partial charge in [-0.1, -0.05) is 17.2 Å². The Morgan fingerprint density at radius 3 is 2.19 bits per heavy atom. The predicted molar refractivity (Wildman–Crippen MR) is 81.3 cm³/mol. The molecule has 0 saturated heterocycles. The van der Waals surface area contributed by atoms with Gasteiger partial charge >= 0.3 is 18.1 Å². The Balaban J connectivity index is 1.83. The zero-order valence-corrected chi connectivity index (χ0v) is 13.1. The van der Waals surface area contributed by atoms with E-state index in [0.717, 1.165) is 18.5 Å². The summed E-state index contributed by atoms with van der Waals surface area (Å²) < 4.78 is 37.2. The molecule has 3 amide bonds. The Kier molecular flexibility index (Phi) is 4.35.